The molecule has 0 saturated carbocycles. The van der Waals surface area contributed by atoms with E-state index in [1.54, 1.807) is 24.3 Å². The van der Waals surface area contributed by atoms with Crippen LogP contribution in [0.3, 0.4) is 0 Å². The van der Waals surface area contributed by atoms with Crippen molar-refractivity contribution in [2.75, 3.05) is 18.5 Å². The second-order valence-electron chi connectivity index (χ2n) is 6.63. The van der Waals surface area contributed by atoms with Gasteiger partial charge >= 0.3 is 0 Å². The molecular weight excluding hydrogens is 390 g/mol. The summed E-state index contributed by atoms with van der Waals surface area (Å²) in [6.45, 7) is 4.38. The van der Waals surface area contributed by atoms with E-state index >= 15 is 0 Å². The highest BCUT2D eigenvalue weighted by Crippen LogP contribution is 2.39. The van der Waals surface area contributed by atoms with Gasteiger partial charge in [0, 0.05) is 6.07 Å². The van der Waals surface area contributed by atoms with Crippen LogP contribution in [0.25, 0.3) is 6.08 Å². The Labute approximate surface area is 172 Å². The van der Waals surface area contributed by atoms with Gasteiger partial charge in [0.05, 0.1) is 17.1 Å². The third-order valence-electron chi connectivity index (χ3n) is 4.03. The molecule has 0 aromatic heterocycles. The number of carbonyl (C=O) groups excluding carboxylic acids is 1. The number of carbonyl (C=O) groups is 1. The van der Waals surface area contributed by atoms with Crippen molar-refractivity contribution in [3.63, 3.8) is 0 Å². The number of ether oxygens (including phenoxy) is 3. The first-order valence-electron chi connectivity index (χ1n) is 9.15. The SMILES string of the molecule is CC(C)Oc1ccc(C=C(C#N)C(=O)Nc2cc3c(cc2[N+](=O)[O-])OCCO3)cc1. The van der Waals surface area contributed by atoms with Crippen LogP contribution in [0.15, 0.2) is 42.0 Å². The van der Waals surface area contributed by atoms with Crippen LogP contribution in [-0.4, -0.2) is 30.1 Å². The number of hydrogen-bond acceptors (Lipinski definition) is 7. The van der Waals surface area contributed by atoms with Crippen molar-refractivity contribution < 1.29 is 23.9 Å². The summed E-state index contributed by atoms with van der Waals surface area (Å²) < 4.78 is 16.3. The van der Waals surface area contributed by atoms with Crippen LogP contribution < -0.4 is 19.5 Å². The standard InChI is InChI=1S/C21H19N3O6/c1-13(2)30-16-5-3-14(4-6-16)9-15(12-22)21(25)23-17-10-19-20(29-8-7-28-19)11-18(17)24(26)27/h3-6,9-11,13H,7-8H2,1-2H3,(H,23,25). The molecule has 0 atom stereocenters. The van der Waals surface area contributed by atoms with E-state index in [-0.39, 0.29) is 47.8 Å². The van der Waals surface area contributed by atoms with Crippen molar-refractivity contribution in [3.05, 3.63) is 57.6 Å². The Morgan fingerprint density at radius 2 is 1.87 bits per heavy atom. The Balaban J connectivity index is 1.84. The maximum atomic E-state index is 12.6. The average molecular weight is 409 g/mol. The first kappa shape index (κ1) is 20.7. The Kier molecular flexibility index (Phi) is 6.17. The highest BCUT2D eigenvalue weighted by molar-refractivity contribution is 6.10. The van der Waals surface area contributed by atoms with Crippen LogP contribution in [-0.2, 0) is 4.79 Å². The summed E-state index contributed by atoms with van der Waals surface area (Å²) in [6, 6.07) is 11.2. The monoisotopic (exact) mass is 409 g/mol. The number of nitrogens with one attached hydrogen (secondary N) is 1. The molecule has 1 heterocycles. The van der Waals surface area contributed by atoms with Gasteiger partial charge in [-0.1, -0.05) is 12.1 Å². The summed E-state index contributed by atoms with van der Waals surface area (Å²) in [7, 11) is 0. The molecule has 2 aromatic rings. The number of nitro groups is 1. The quantitative estimate of drug-likeness (QED) is 0.334. The van der Waals surface area contributed by atoms with Crippen LogP contribution in [0, 0.1) is 21.4 Å². The maximum absolute atomic E-state index is 12.6. The second kappa shape index (κ2) is 8.96. The lowest BCUT2D eigenvalue weighted by atomic mass is 10.1. The zero-order valence-corrected chi connectivity index (χ0v) is 16.4. The molecule has 0 unspecified atom stereocenters. The number of nitrogens with zero attached hydrogens (tertiary/aromatic N) is 2. The molecule has 0 spiro atoms. The predicted molar refractivity (Wildman–Crippen MR) is 109 cm³/mol. The summed E-state index contributed by atoms with van der Waals surface area (Å²) >= 11 is 0. The van der Waals surface area contributed by atoms with E-state index in [0.717, 1.165) is 0 Å². The zero-order valence-electron chi connectivity index (χ0n) is 16.4. The minimum absolute atomic E-state index is 0.0219. The number of rotatable bonds is 6. The van der Waals surface area contributed by atoms with Crippen LogP contribution in [0.5, 0.6) is 17.2 Å². The number of hydrogen-bond donors (Lipinski definition) is 1. The molecule has 1 amide bonds. The molecule has 0 saturated heterocycles. The van der Waals surface area contributed by atoms with Crippen LogP contribution in [0.2, 0.25) is 0 Å². The topological polar surface area (TPSA) is 124 Å². The fraction of sp³-hybridized carbons (Fsp3) is 0.238. The van der Waals surface area contributed by atoms with E-state index in [9.17, 15) is 20.2 Å². The third-order valence-corrected chi connectivity index (χ3v) is 4.03. The van der Waals surface area contributed by atoms with Gasteiger partial charge in [-0.15, -0.1) is 0 Å². The van der Waals surface area contributed by atoms with Gasteiger partial charge < -0.3 is 19.5 Å². The van der Waals surface area contributed by atoms with Crippen LogP contribution in [0.1, 0.15) is 19.4 Å². The summed E-state index contributed by atoms with van der Waals surface area (Å²) in [5.41, 5.74) is -0.0534. The molecule has 0 radical (unpaired) electrons. The summed E-state index contributed by atoms with van der Waals surface area (Å²) in [5, 5.41) is 23.2. The van der Waals surface area contributed by atoms with Gasteiger partial charge in [0.1, 0.15) is 36.3 Å². The smallest absolute Gasteiger partial charge is 0.296 e. The van der Waals surface area contributed by atoms with Crippen molar-refractivity contribution >= 4 is 23.4 Å². The number of nitro benzene ring substituents is 1. The lowest BCUT2D eigenvalue weighted by Gasteiger charge is -2.19. The largest absolute Gasteiger partial charge is 0.491 e. The van der Waals surface area contributed by atoms with Crippen molar-refractivity contribution in [1.82, 2.24) is 0 Å². The molecule has 2 aromatic carbocycles. The molecular formula is C21H19N3O6. The van der Waals surface area contributed by atoms with Crippen LogP contribution >= 0.6 is 0 Å². The fourth-order valence-electron chi connectivity index (χ4n) is 2.75. The van der Waals surface area contributed by atoms with Gasteiger partial charge in [0.15, 0.2) is 11.5 Å². The van der Waals surface area contributed by atoms with Gasteiger partial charge in [-0.25, -0.2) is 0 Å². The fourth-order valence-corrected chi connectivity index (χ4v) is 2.75. The summed E-state index contributed by atoms with van der Waals surface area (Å²) in [4.78, 5) is 23.3. The summed E-state index contributed by atoms with van der Waals surface area (Å²) in [6.07, 6.45) is 1.41. The number of fused-ring (bicyclic) bond motifs is 1. The predicted octanol–water partition coefficient (Wildman–Crippen LogP) is 3.70. The van der Waals surface area contributed by atoms with Crippen LogP contribution in [0.4, 0.5) is 11.4 Å². The molecule has 1 aliphatic rings. The molecule has 3 rings (SSSR count). The molecule has 0 fully saturated rings. The number of amides is 1. The minimum Gasteiger partial charge on any atom is -0.491 e. The molecule has 9 heteroatoms. The van der Waals surface area contributed by atoms with Crippen molar-refractivity contribution in [1.29, 1.82) is 5.26 Å². The van der Waals surface area contributed by atoms with E-state index in [2.05, 4.69) is 5.32 Å². The Morgan fingerprint density at radius 3 is 2.43 bits per heavy atom. The highest BCUT2D eigenvalue weighted by atomic mass is 16.6. The van der Waals surface area contributed by atoms with E-state index < -0.39 is 10.8 Å². The van der Waals surface area contributed by atoms with E-state index in [1.165, 1.54) is 18.2 Å². The van der Waals surface area contributed by atoms with Gasteiger partial charge in [-0.05, 0) is 37.6 Å². The highest BCUT2D eigenvalue weighted by Gasteiger charge is 2.24. The molecule has 9 nitrogen and oxygen atoms in total. The van der Waals surface area contributed by atoms with E-state index in [1.807, 2.05) is 19.9 Å². The lowest BCUT2D eigenvalue weighted by molar-refractivity contribution is -0.384. The third kappa shape index (κ3) is 4.86. The van der Waals surface area contributed by atoms with Crippen molar-refractivity contribution in [2.45, 2.75) is 20.0 Å². The molecule has 1 N–H and O–H groups in total. The molecule has 0 aliphatic carbocycles. The minimum atomic E-state index is -0.778. The number of benzene rings is 2. The zero-order chi connectivity index (χ0) is 21.7. The summed E-state index contributed by atoms with van der Waals surface area (Å²) in [5.74, 6) is 0.396. The Bertz CT molecular complexity index is 1040. The van der Waals surface area contributed by atoms with Crippen molar-refractivity contribution in [2.24, 2.45) is 0 Å². The van der Waals surface area contributed by atoms with E-state index in [0.29, 0.717) is 11.3 Å². The second-order valence-corrected chi connectivity index (χ2v) is 6.63. The molecule has 154 valence electrons. The number of anilines is 1. The molecule has 0 bridgehead atoms. The molecule has 30 heavy (non-hydrogen) atoms. The first-order chi connectivity index (χ1) is 14.4. The van der Waals surface area contributed by atoms with Crippen molar-refractivity contribution in [3.8, 4) is 23.3 Å². The van der Waals surface area contributed by atoms with Gasteiger partial charge in [-0.2, -0.15) is 5.26 Å². The Morgan fingerprint density at radius 1 is 1.23 bits per heavy atom. The lowest BCUT2D eigenvalue weighted by Crippen LogP contribution is -2.18. The van der Waals surface area contributed by atoms with Gasteiger partial charge in [0.2, 0.25) is 0 Å². The average Bonchev–Trinajstić information content (AvgIpc) is 2.72. The van der Waals surface area contributed by atoms with E-state index in [4.69, 9.17) is 14.2 Å². The Hall–Kier alpha value is -4.06. The first-order valence-corrected chi connectivity index (χ1v) is 9.15. The molecule has 1 aliphatic heterocycles. The van der Waals surface area contributed by atoms with Gasteiger partial charge in [0.25, 0.3) is 11.6 Å². The number of nitriles is 1. The maximum Gasteiger partial charge on any atom is 0.296 e. The van der Waals surface area contributed by atoms with Gasteiger partial charge in [-0.3, -0.25) is 14.9 Å². The normalized spacial score (nSPS) is 12.8.